The van der Waals surface area contributed by atoms with E-state index >= 15 is 0 Å². The molecule has 0 radical (unpaired) electrons. The van der Waals surface area contributed by atoms with Gasteiger partial charge in [-0.25, -0.2) is 4.79 Å². The van der Waals surface area contributed by atoms with E-state index in [1.807, 2.05) is 18.2 Å². The maximum absolute atomic E-state index is 11.7. The Labute approximate surface area is 187 Å². The number of nitrogens with zero attached hydrogens (tertiary/aromatic N) is 4. The molecule has 2 fully saturated rings. The van der Waals surface area contributed by atoms with Gasteiger partial charge in [0.2, 0.25) is 0 Å². The molecular formula is C23H29ClN4O3. The van der Waals surface area contributed by atoms with Crippen molar-refractivity contribution in [3.05, 3.63) is 40.4 Å². The highest BCUT2D eigenvalue weighted by atomic mass is 35.5. The summed E-state index contributed by atoms with van der Waals surface area (Å²) in [5.74, 6) is 1.90. The summed E-state index contributed by atoms with van der Waals surface area (Å²) in [5.41, 5.74) is 1.81. The van der Waals surface area contributed by atoms with Crippen molar-refractivity contribution in [2.45, 2.75) is 89.0 Å². The summed E-state index contributed by atoms with van der Waals surface area (Å²) in [6.45, 7) is 0.505. The Kier molecular flexibility index (Phi) is 5.89. The molecule has 2 aliphatic carbocycles. The number of carbonyl (C=O) groups is 1. The summed E-state index contributed by atoms with van der Waals surface area (Å²) in [4.78, 5) is 13.1. The lowest BCUT2D eigenvalue weighted by Gasteiger charge is -2.32. The van der Waals surface area contributed by atoms with Gasteiger partial charge >= 0.3 is 6.09 Å². The van der Waals surface area contributed by atoms with E-state index in [1.54, 1.807) is 0 Å². The maximum atomic E-state index is 11.7. The van der Waals surface area contributed by atoms with Crippen molar-refractivity contribution in [2.24, 2.45) is 0 Å². The highest BCUT2D eigenvalue weighted by molar-refractivity contribution is 6.30. The molecule has 7 nitrogen and oxygen atoms in total. The summed E-state index contributed by atoms with van der Waals surface area (Å²) in [6.07, 6.45) is 10.3. The second kappa shape index (κ2) is 8.79. The zero-order valence-electron chi connectivity index (χ0n) is 17.7. The monoisotopic (exact) mass is 444 g/mol. The Balaban J connectivity index is 1.37. The van der Waals surface area contributed by atoms with Crippen LogP contribution in [0.5, 0.6) is 0 Å². The van der Waals surface area contributed by atoms with Crippen molar-refractivity contribution in [3.8, 4) is 5.69 Å². The van der Waals surface area contributed by atoms with Crippen molar-refractivity contribution in [2.75, 3.05) is 0 Å². The predicted molar refractivity (Wildman–Crippen MR) is 117 cm³/mol. The molecule has 5 rings (SSSR count). The van der Waals surface area contributed by atoms with Gasteiger partial charge in [0.05, 0.1) is 31.0 Å². The molecule has 1 aromatic carbocycles. The van der Waals surface area contributed by atoms with Gasteiger partial charge in [-0.05, 0) is 62.3 Å². The second-order valence-corrected chi connectivity index (χ2v) is 9.53. The maximum Gasteiger partial charge on any atom is 0.408 e. The van der Waals surface area contributed by atoms with Crippen LogP contribution in [0.25, 0.3) is 5.69 Å². The molecule has 1 N–H and O–H groups in total. The molecule has 0 unspecified atom stereocenters. The smallest absolute Gasteiger partial charge is 0.408 e. The van der Waals surface area contributed by atoms with Crippen molar-refractivity contribution < 1.29 is 14.6 Å². The van der Waals surface area contributed by atoms with E-state index in [2.05, 4.69) is 14.8 Å². The Morgan fingerprint density at radius 3 is 2.48 bits per heavy atom. The molecule has 8 heteroatoms. The third-order valence-corrected chi connectivity index (χ3v) is 7.21. The molecule has 1 aliphatic heterocycles. The number of carboxylic acid groups (broad SMARTS) is 1. The fourth-order valence-corrected chi connectivity index (χ4v) is 5.55. The molecule has 0 atom stereocenters. The first kappa shape index (κ1) is 20.8. The van der Waals surface area contributed by atoms with Crippen molar-refractivity contribution >= 4 is 17.7 Å². The molecule has 2 aromatic rings. The van der Waals surface area contributed by atoms with E-state index in [0.717, 1.165) is 42.8 Å². The number of hydrogen-bond acceptors (Lipinski definition) is 4. The molecule has 2 heterocycles. The minimum absolute atomic E-state index is 0.217. The number of benzene rings is 1. The lowest BCUT2D eigenvalue weighted by Crippen LogP contribution is -2.28. The zero-order chi connectivity index (χ0) is 21.4. The number of fused-ring (bicyclic) bond motifs is 3. The highest BCUT2D eigenvalue weighted by Gasteiger charge is 2.32. The van der Waals surface area contributed by atoms with Gasteiger partial charge in [0, 0.05) is 10.9 Å². The average Bonchev–Trinajstić information content (AvgIpc) is 3.10. The summed E-state index contributed by atoms with van der Waals surface area (Å²) in [5, 5.41) is 19.2. The third-order valence-electron chi connectivity index (χ3n) is 6.98. The van der Waals surface area contributed by atoms with Crippen LogP contribution in [0, 0.1) is 0 Å². The van der Waals surface area contributed by atoms with Crippen LogP contribution in [0.2, 0.25) is 5.02 Å². The van der Waals surface area contributed by atoms with Crippen LogP contribution >= 0.6 is 11.6 Å². The number of halogens is 1. The number of amides is 1. The third kappa shape index (κ3) is 4.30. The molecule has 0 bridgehead atoms. The first-order chi connectivity index (χ1) is 15.1. The van der Waals surface area contributed by atoms with Gasteiger partial charge < -0.3 is 9.84 Å². The Bertz CT molecular complexity index is 948. The van der Waals surface area contributed by atoms with Crippen LogP contribution in [0.3, 0.4) is 0 Å². The van der Waals surface area contributed by atoms with E-state index in [4.69, 9.17) is 16.3 Å². The Hall–Kier alpha value is -2.12. The van der Waals surface area contributed by atoms with E-state index in [9.17, 15) is 9.90 Å². The van der Waals surface area contributed by atoms with E-state index < -0.39 is 6.09 Å². The summed E-state index contributed by atoms with van der Waals surface area (Å²) < 4.78 is 8.48. The normalized spacial score (nSPS) is 24.4. The van der Waals surface area contributed by atoms with Crippen LogP contribution < -0.4 is 0 Å². The van der Waals surface area contributed by atoms with Crippen molar-refractivity contribution in [1.82, 2.24) is 19.7 Å². The molecule has 3 aliphatic rings. The first-order valence-electron chi connectivity index (χ1n) is 11.4. The van der Waals surface area contributed by atoms with Crippen LogP contribution in [0.1, 0.15) is 80.9 Å². The number of rotatable bonds is 3. The van der Waals surface area contributed by atoms with Crippen LogP contribution in [-0.2, 0) is 17.8 Å². The van der Waals surface area contributed by atoms with Gasteiger partial charge in [-0.15, -0.1) is 10.2 Å². The molecule has 1 amide bonds. The second-order valence-electron chi connectivity index (χ2n) is 9.09. The Morgan fingerprint density at radius 2 is 1.74 bits per heavy atom. The van der Waals surface area contributed by atoms with Crippen molar-refractivity contribution in [1.29, 1.82) is 0 Å². The summed E-state index contributed by atoms with van der Waals surface area (Å²) >= 11 is 6.22. The summed E-state index contributed by atoms with van der Waals surface area (Å²) in [7, 11) is 0. The lowest BCUT2D eigenvalue weighted by atomic mass is 9.86. The molecule has 1 aromatic heterocycles. The number of aromatic nitrogens is 3. The van der Waals surface area contributed by atoms with E-state index in [1.165, 1.54) is 37.0 Å². The summed E-state index contributed by atoms with van der Waals surface area (Å²) in [6, 6.07) is 5.65. The van der Waals surface area contributed by atoms with Crippen LogP contribution in [0.15, 0.2) is 18.2 Å². The van der Waals surface area contributed by atoms with Gasteiger partial charge in [0.25, 0.3) is 0 Å². The largest absolute Gasteiger partial charge is 0.465 e. The lowest BCUT2D eigenvalue weighted by molar-refractivity contribution is -0.0475. The quantitative estimate of drug-likeness (QED) is 0.695. The topological polar surface area (TPSA) is 80.5 Å². The van der Waals surface area contributed by atoms with Crippen LogP contribution in [0.4, 0.5) is 4.79 Å². The zero-order valence-corrected chi connectivity index (χ0v) is 18.4. The van der Waals surface area contributed by atoms with E-state index in [-0.39, 0.29) is 13.1 Å². The SMILES string of the molecule is O=C(O)N1Cc2cc(Cl)ccc2-n2c(nnc2[C@H]2CC[C@H](OC3CCCCC3)CC2)C1. The van der Waals surface area contributed by atoms with Gasteiger partial charge in [-0.1, -0.05) is 30.9 Å². The van der Waals surface area contributed by atoms with Crippen LogP contribution in [-0.4, -0.2) is 43.1 Å². The molecule has 31 heavy (non-hydrogen) atoms. The van der Waals surface area contributed by atoms with Gasteiger partial charge in [-0.2, -0.15) is 0 Å². The molecule has 2 saturated carbocycles. The number of ether oxygens (including phenoxy) is 1. The first-order valence-corrected chi connectivity index (χ1v) is 11.8. The average molecular weight is 445 g/mol. The van der Waals surface area contributed by atoms with Gasteiger partial charge in [-0.3, -0.25) is 9.47 Å². The fraction of sp³-hybridized carbons (Fsp3) is 0.609. The number of hydrogen-bond donors (Lipinski definition) is 1. The fourth-order valence-electron chi connectivity index (χ4n) is 5.36. The predicted octanol–water partition coefficient (Wildman–Crippen LogP) is 5.29. The minimum atomic E-state index is -0.968. The molecule has 166 valence electrons. The Morgan fingerprint density at radius 1 is 1.00 bits per heavy atom. The highest BCUT2D eigenvalue weighted by Crippen LogP contribution is 2.37. The van der Waals surface area contributed by atoms with Crippen molar-refractivity contribution in [3.63, 3.8) is 0 Å². The standard InChI is InChI=1S/C23H29ClN4O3/c24-17-8-11-20-16(12-17)13-27(23(29)30)14-21-25-26-22(28(20)21)15-6-9-19(10-7-15)31-18-4-2-1-3-5-18/h8,11-12,15,18-19H,1-7,9-10,13-14H2,(H,29,30)/t15-,19-. The van der Waals surface area contributed by atoms with Gasteiger partial charge in [0.1, 0.15) is 5.82 Å². The van der Waals surface area contributed by atoms with Gasteiger partial charge in [0.15, 0.2) is 5.82 Å². The molecule has 0 saturated heterocycles. The minimum Gasteiger partial charge on any atom is -0.465 e. The van der Waals surface area contributed by atoms with E-state index in [0.29, 0.717) is 29.0 Å². The molecule has 0 spiro atoms. The molecular weight excluding hydrogens is 416 g/mol.